The maximum Gasteiger partial charge on any atom is 0.409 e. The fourth-order valence-electron chi connectivity index (χ4n) is 8.22. The largest absolute Gasteiger partial charge is 0.507 e. The molecule has 2 N–H and O–H groups in total. The molecule has 14 heteroatoms. The number of phenolic OH excluding ortho intramolecular Hbond substituents is 1. The van der Waals surface area contributed by atoms with Crippen molar-refractivity contribution in [3.63, 3.8) is 0 Å². The number of carbonyl (C=O) groups excluding carboxylic acids is 4. The molecule has 0 radical (unpaired) electrons. The van der Waals surface area contributed by atoms with Crippen LogP contribution in [0.1, 0.15) is 56.6 Å². The molecule has 5 amide bonds. The molecule has 6 rings (SSSR count). The molecule has 296 valence electrons. The average Bonchev–Trinajstić information content (AvgIpc) is 3.37. The first-order valence-electron chi connectivity index (χ1n) is 19.2. The number of urea groups is 1. The molecule has 0 spiro atoms. The van der Waals surface area contributed by atoms with Crippen LogP contribution in [0.3, 0.4) is 0 Å². The number of benzene rings is 2. The molecular formula is C40H57BrN6O7. The van der Waals surface area contributed by atoms with Gasteiger partial charge in [-0.3, -0.25) is 19.3 Å². The van der Waals surface area contributed by atoms with Gasteiger partial charge >= 0.3 is 12.1 Å². The number of phenols is 1. The second-order valence-corrected chi connectivity index (χ2v) is 15.8. The molecule has 54 heavy (non-hydrogen) atoms. The minimum atomic E-state index is -0.286. The van der Waals surface area contributed by atoms with Crippen LogP contribution in [0.4, 0.5) is 15.3 Å². The zero-order valence-corrected chi connectivity index (χ0v) is 33.8. The van der Waals surface area contributed by atoms with Gasteiger partial charge in [-0.2, -0.15) is 0 Å². The second kappa shape index (κ2) is 19.6. The van der Waals surface area contributed by atoms with E-state index in [0.29, 0.717) is 48.9 Å². The van der Waals surface area contributed by atoms with Crippen LogP contribution in [-0.4, -0.2) is 133 Å². The maximum absolute atomic E-state index is 13.0. The van der Waals surface area contributed by atoms with Crippen LogP contribution in [0.25, 0.3) is 0 Å². The number of likely N-dealkylation sites (tertiary alicyclic amines) is 3. The molecule has 4 heterocycles. The summed E-state index contributed by atoms with van der Waals surface area (Å²) in [7, 11) is 4.55. The van der Waals surface area contributed by atoms with Crippen molar-refractivity contribution in [1.29, 1.82) is 0 Å². The van der Waals surface area contributed by atoms with E-state index >= 15 is 0 Å². The van der Waals surface area contributed by atoms with E-state index in [1.807, 2.05) is 47.1 Å². The van der Waals surface area contributed by atoms with Gasteiger partial charge in [0, 0.05) is 57.4 Å². The fourth-order valence-corrected chi connectivity index (χ4v) is 8.65. The average molecular weight is 814 g/mol. The lowest BCUT2D eigenvalue weighted by Crippen LogP contribution is -2.50. The Labute approximate surface area is 328 Å². The molecule has 13 nitrogen and oxygen atoms in total. The van der Waals surface area contributed by atoms with Crippen LogP contribution in [0.15, 0.2) is 46.9 Å². The van der Waals surface area contributed by atoms with Crippen LogP contribution in [0.5, 0.6) is 5.75 Å². The summed E-state index contributed by atoms with van der Waals surface area (Å²) in [5.41, 5.74) is 3.12. The van der Waals surface area contributed by atoms with Crippen LogP contribution in [0.2, 0.25) is 0 Å². The molecule has 3 fully saturated rings. The number of hydrogen-bond donors (Lipinski definition) is 2. The normalized spacial score (nSPS) is 19.5. The number of para-hydroxylation sites is 1. The predicted octanol–water partition coefficient (Wildman–Crippen LogP) is 5.61. The van der Waals surface area contributed by atoms with Gasteiger partial charge in [0.1, 0.15) is 5.75 Å². The Morgan fingerprint density at radius 1 is 0.907 bits per heavy atom. The van der Waals surface area contributed by atoms with Gasteiger partial charge in [-0.1, -0.05) is 31.2 Å². The molecule has 0 aromatic heterocycles. The number of anilines is 1. The van der Waals surface area contributed by atoms with Crippen molar-refractivity contribution >= 4 is 45.6 Å². The number of amides is 5. The number of carbonyl (C=O) groups is 4. The van der Waals surface area contributed by atoms with Crippen LogP contribution < -0.4 is 5.32 Å². The topological polar surface area (TPSA) is 135 Å². The summed E-state index contributed by atoms with van der Waals surface area (Å²) in [4.78, 5) is 61.8. The zero-order chi connectivity index (χ0) is 38.8. The lowest BCUT2D eigenvalue weighted by atomic mass is 9.78. The first kappa shape index (κ1) is 41.3. The number of hydrogen-bond acceptors (Lipinski definition) is 8. The van der Waals surface area contributed by atoms with Gasteiger partial charge in [-0.05, 0) is 122 Å². The second-order valence-electron chi connectivity index (χ2n) is 15.0. The Balaban J connectivity index is 0.000000222. The van der Waals surface area contributed by atoms with Gasteiger partial charge in [0.2, 0.25) is 5.91 Å². The highest BCUT2D eigenvalue weighted by molar-refractivity contribution is 9.10. The van der Waals surface area contributed by atoms with E-state index in [1.165, 1.54) is 24.8 Å². The van der Waals surface area contributed by atoms with E-state index in [1.54, 1.807) is 18.0 Å². The third-order valence-corrected chi connectivity index (χ3v) is 12.2. The number of likely N-dealkylation sites (N-methyl/N-ethyl adjacent to an activating group) is 1. The molecule has 0 aliphatic carbocycles. The van der Waals surface area contributed by atoms with E-state index in [2.05, 4.69) is 32.2 Å². The third kappa shape index (κ3) is 10.9. The maximum atomic E-state index is 13.0. The molecule has 3 saturated heterocycles. The highest BCUT2D eigenvalue weighted by Gasteiger charge is 2.33. The lowest BCUT2D eigenvalue weighted by Gasteiger charge is -2.40. The molecule has 0 bridgehead atoms. The third-order valence-electron chi connectivity index (χ3n) is 11.6. The number of methoxy groups -OCH3 is 1. The molecule has 0 saturated carbocycles. The molecule has 2 aromatic rings. The fraction of sp³-hybridized carbons (Fsp3) is 0.600. The van der Waals surface area contributed by atoms with E-state index in [4.69, 9.17) is 9.57 Å². The van der Waals surface area contributed by atoms with Crippen LogP contribution in [-0.2, 0) is 32.0 Å². The Bertz CT molecular complexity index is 1590. The van der Waals surface area contributed by atoms with Gasteiger partial charge in [-0.25, -0.2) is 14.7 Å². The number of ether oxygens (including phenoxy) is 1. The summed E-state index contributed by atoms with van der Waals surface area (Å²) < 4.78 is 5.41. The van der Waals surface area contributed by atoms with Gasteiger partial charge in [0.05, 0.1) is 25.2 Å². The first-order chi connectivity index (χ1) is 26.0. The van der Waals surface area contributed by atoms with Crippen molar-refractivity contribution in [3.8, 4) is 5.75 Å². The summed E-state index contributed by atoms with van der Waals surface area (Å²) in [6.07, 6.45) is 7.20. The number of rotatable bonds is 8. The quantitative estimate of drug-likeness (QED) is 0.329. The summed E-state index contributed by atoms with van der Waals surface area (Å²) in [5, 5.41) is 14.0. The summed E-state index contributed by atoms with van der Waals surface area (Å²) >= 11 is 3.35. The van der Waals surface area contributed by atoms with E-state index in [0.717, 1.165) is 82.4 Å². The van der Waals surface area contributed by atoms with E-state index < -0.39 is 0 Å². The summed E-state index contributed by atoms with van der Waals surface area (Å²) in [6.45, 7) is 7.97. The standard InChI is InChI=1S/C24H36BrN3O4.C16H21N3O3/c1-17(14-18-4-5-22(29)21(25)15-18)24(31)28-12-8-20(9-13-28)19-6-10-27(11-7-19)16-23(30)26(2)32-3;1-22-16(21)18-9-7-13(8-10-18)19-11-6-12-4-2-3-5-14(12)17-15(19)20/h4-5,15,17,19-20,29H,6-14,16H2,1-3H3;2-5,13H,6-11H2,1H3,(H,17,20)/t17-;/m1./s1. The number of fused-ring (bicyclic) bond motifs is 1. The zero-order valence-electron chi connectivity index (χ0n) is 32.2. The predicted molar refractivity (Wildman–Crippen MR) is 210 cm³/mol. The Hall–Kier alpha value is -3.88. The number of hydroxylamine groups is 2. The van der Waals surface area contributed by atoms with Gasteiger partial charge in [0.15, 0.2) is 0 Å². The van der Waals surface area contributed by atoms with Gasteiger partial charge < -0.3 is 29.9 Å². The van der Waals surface area contributed by atoms with E-state index in [9.17, 15) is 24.3 Å². The lowest BCUT2D eigenvalue weighted by molar-refractivity contribution is -0.170. The van der Waals surface area contributed by atoms with Crippen molar-refractivity contribution < 1.29 is 33.9 Å². The first-order valence-corrected chi connectivity index (χ1v) is 20.0. The van der Waals surface area contributed by atoms with Crippen molar-refractivity contribution in [2.45, 2.75) is 64.3 Å². The molecule has 1 atom stereocenters. The van der Waals surface area contributed by atoms with E-state index in [-0.39, 0.29) is 41.6 Å². The molecular weight excluding hydrogens is 756 g/mol. The van der Waals surface area contributed by atoms with Crippen LogP contribution in [0, 0.1) is 17.8 Å². The smallest absolute Gasteiger partial charge is 0.409 e. The van der Waals surface area contributed by atoms with Crippen LogP contribution >= 0.6 is 15.9 Å². The Morgan fingerprint density at radius 3 is 2.17 bits per heavy atom. The Kier molecular flexibility index (Phi) is 15.0. The monoisotopic (exact) mass is 812 g/mol. The number of aromatic hydroxyl groups is 1. The number of piperidine rings is 3. The molecule has 0 unspecified atom stereocenters. The van der Waals surface area contributed by atoms with Crippen molar-refractivity contribution in [2.24, 2.45) is 17.8 Å². The Morgan fingerprint density at radius 2 is 1.54 bits per heavy atom. The molecule has 4 aliphatic heterocycles. The highest BCUT2D eigenvalue weighted by Crippen LogP contribution is 2.33. The van der Waals surface area contributed by atoms with Crippen molar-refractivity contribution in [1.82, 2.24) is 24.7 Å². The molecule has 2 aromatic carbocycles. The van der Waals surface area contributed by atoms with Crippen molar-refractivity contribution in [2.75, 3.05) is 78.9 Å². The van der Waals surface area contributed by atoms with Crippen molar-refractivity contribution in [3.05, 3.63) is 58.1 Å². The van der Waals surface area contributed by atoms with Gasteiger partial charge in [0.25, 0.3) is 5.91 Å². The number of nitrogens with one attached hydrogen (secondary N) is 1. The van der Waals surface area contributed by atoms with Gasteiger partial charge in [-0.15, -0.1) is 0 Å². The summed E-state index contributed by atoms with van der Waals surface area (Å²) in [6, 6.07) is 13.5. The molecule has 4 aliphatic rings. The summed E-state index contributed by atoms with van der Waals surface area (Å²) in [5.74, 6) is 1.71. The number of halogens is 1. The minimum Gasteiger partial charge on any atom is -0.507 e. The minimum absolute atomic E-state index is 0.00782. The number of nitrogens with zero attached hydrogens (tertiary/aromatic N) is 5. The highest BCUT2D eigenvalue weighted by atomic mass is 79.9. The SMILES string of the molecule is COC(=O)N1CCC(N2CCc3ccccc3NC2=O)CC1.CON(C)C(=O)CN1CCC(C2CCN(C(=O)[C@H](C)Cc3ccc(O)c(Br)c3)CC2)CC1.